The predicted octanol–water partition coefficient (Wildman–Crippen LogP) is 3.20. The average Bonchev–Trinajstić information content (AvgIpc) is 2.35. The van der Waals surface area contributed by atoms with E-state index in [0.717, 1.165) is 11.1 Å². The van der Waals surface area contributed by atoms with Gasteiger partial charge in [0.15, 0.2) is 0 Å². The highest BCUT2D eigenvalue weighted by molar-refractivity contribution is 6.17. The Morgan fingerprint density at radius 3 is 2.52 bits per heavy atom. The molecule has 21 heavy (non-hydrogen) atoms. The van der Waals surface area contributed by atoms with Gasteiger partial charge in [0.2, 0.25) is 5.91 Å². The third-order valence-electron chi connectivity index (χ3n) is 2.61. The van der Waals surface area contributed by atoms with E-state index in [4.69, 9.17) is 16.3 Å². The molecule has 1 rings (SSSR count). The molecule has 0 aliphatic carbocycles. The lowest BCUT2D eigenvalue weighted by atomic mass is 10.1. The van der Waals surface area contributed by atoms with Crippen molar-refractivity contribution in [3.63, 3.8) is 0 Å². The SMILES string of the molecule is Cc1cccc(NC(=O)CNC(=O)OC(C)(C)C)c1CCl. The molecule has 1 aromatic carbocycles. The number of aryl methyl sites for hydroxylation is 1. The van der Waals surface area contributed by atoms with Gasteiger partial charge in [0.05, 0.1) is 0 Å². The number of carbonyl (C=O) groups excluding carboxylic acids is 2. The molecule has 0 unspecified atom stereocenters. The zero-order chi connectivity index (χ0) is 16.0. The Hall–Kier alpha value is -1.75. The van der Waals surface area contributed by atoms with Crippen molar-refractivity contribution in [3.8, 4) is 0 Å². The summed E-state index contributed by atoms with van der Waals surface area (Å²) in [6.07, 6.45) is -0.626. The second kappa shape index (κ2) is 7.31. The van der Waals surface area contributed by atoms with Crippen LogP contribution in [-0.4, -0.2) is 24.1 Å². The van der Waals surface area contributed by atoms with E-state index in [1.54, 1.807) is 26.8 Å². The molecule has 116 valence electrons. The van der Waals surface area contributed by atoms with E-state index in [9.17, 15) is 9.59 Å². The molecule has 2 amide bonds. The number of carbonyl (C=O) groups is 2. The molecule has 5 nitrogen and oxygen atoms in total. The Morgan fingerprint density at radius 2 is 1.95 bits per heavy atom. The maximum absolute atomic E-state index is 11.8. The zero-order valence-electron chi connectivity index (χ0n) is 12.7. The van der Waals surface area contributed by atoms with Gasteiger partial charge in [0, 0.05) is 11.6 Å². The first-order valence-electron chi connectivity index (χ1n) is 6.64. The van der Waals surface area contributed by atoms with Gasteiger partial charge in [0.1, 0.15) is 12.1 Å². The van der Waals surface area contributed by atoms with Crippen LogP contribution in [0.4, 0.5) is 10.5 Å². The van der Waals surface area contributed by atoms with E-state index < -0.39 is 11.7 Å². The highest BCUT2D eigenvalue weighted by Crippen LogP contribution is 2.21. The van der Waals surface area contributed by atoms with Gasteiger partial charge in [0.25, 0.3) is 0 Å². The molecule has 0 aliphatic heterocycles. The molecule has 1 aromatic rings. The molecule has 0 atom stereocenters. The number of ether oxygens (including phenoxy) is 1. The molecule has 0 fully saturated rings. The molecular formula is C15H21ClN2O3. The van der Waals surface area contributed by atoms with Crippen molar-refractivity contribution in [2.45, 2.75) is 39.2 Å². The van der Waals surface area contributed by atoms with E-state index in [1.165, 1.54) is 0 Å². The third kappa shape index (κ3) is 6.04. The Bertz CT molecular complexity index is 524. The summed E-state index contributed by atoms with van der Waals surface area (Å²) in [6, 6.07) is 5.53. The average molecular weight is 313 g/mol. The van der Waals surface area contributed by atoms with Crippen molar-refractivity contribution in [2.24, 2.45) is 0 Å². The number of halogens is 1. The smallest absolute Gasteiger partial charge is 0.408 e. The molecule has 0 aromatic heterocycles. The summed E-state index contributed by atoms with van der Waals surface area (Å²) in [7, 11) is 0. The van der Waals surface area contributed by atoms with Crippen LogP contribution in [-0.2, 0) is 15.4 Å². The van der Waals surface area contributed by atoms with Gasteiger partial charge in [-0.25, -0.2) is 4.79 Å². The van der Waals surface area contributed by atoms with E-state index in [1.807, 2.05) is 19.1 Å². The van der Waals surface area contributed by atoms with Crippen LogP contribution >= 0.6 is 11.6 Å². The fourth-order valence-electron chi connectivity index (χ4n) is 1.66. The summed E-state index contributed by atoms with van der Waals surface area (Å²) in [6.45, 7) is 7.03. The number of anilines is 1. The van der Waals surface area contributed by atoms with Gasteiger partial charge in [-0.2, -0.15) is 0 Å². The van der Waals surface area contributed by atoms with Gasteiger partial charge in [-0.15, -0.1) is 11.6 Å². The summed E-state index contributed by atoms with van der Waals surface area (Å²) >= 11 is 5.88. The normalized spacial score (nSPS) is 10.9. The van der Waals surface area contributed by atoms with Gasteiger partial charge in [-0.1, -0.05) is 12.1 Å². The van der Waals surface area contributed by atoms with E-state index in [-0.39, 0.29) is 12.5 Å². The number of alkyl halides is 1. The largest absolute Gasteiger partial charge is 0.444 e. The molecule has 0 saturated carbocycles. The van der Waals surface area contributed by atoms with Crippen LogP contribution in [0.25, 0.3) is 0 Å². The molecular weight excluding hydrogens is 292 g/mol. The van der Waals surface area contributed by atoms with Gasteiger partial charge >= 0.3 is 6.09 Å². The molecule has 0 spiro atoms. The number of amides is 2. The third-order valence-corrected chi connectivity index (χ3v) is 2.88. The Balaban J connectivity index is 2.55. The predicted molar refractivity (Wildman–Crippen MR) is 83.6 cm³/mol. The van der Waals surface area contributed by atoms with Crippen LogP contribution in [0.3, 0.4) is 0 Å². The molecule has 6 heteroatoms. The number of hydrogen-bond acceptors (Lipinski definition) is 3. The first-order valence-corrected chi connectivity index (χ1v) is 7.17. The number of rotatable bonds is 4. The first-order chi connectivity index (χ1) is 9.73. The minimum atomic E-state index is -0.626. The molecule has 0 heterocycles. The number of benzene rings is 1. The topological polar surface area (TPSA) is 67.4 Å². The Labute approximate surface area is 130 Å². The minimum Gasteiger partial charge on any atom is -0.444 e. The maximum Gasteiger partial charge on any atom is 0.408 e. The van der Waals surface area contributed by atoms with E-state index in [0.29, 0.717) is 11.6 Å². The number of hydrogen-bond donors (Lipinski definition) is 2. The fraction of sp³-hybridized carbons (Fsp3) is 0.467. The Kier molecular flexibility index (Phi) is 6.03. The van der Waals surface area contributed by atoms with Crippen LogP contribution < -0.4 is 10.6 Å². The van der Waals surface area contributed by atoms with E-state index >= 15 is 0 Å². The van der Waals surface area contributed by atoms with Crippen molar-refractivity contribution in [2.75, 3.05) is 11.9 Å². The maximum atomic E-state index is 11.8. The lowest BCUT2D eigenvalue weighted by Gasteiger charge is -2.19. The quantitative estimate of drug-likeness (QED) is 0.839. The molecule has 0 bridgehead atoms. The van der Waals surface area contributed by atoms with Crippen molar-refractivity contribution >= 4 is 29.3 Å². The number of alkyl carbamates (subject to hydrolysis) is 1. The summed E-state index contributed by atoms with van der Waals surface area (Å²) in [5.74, 6) is -0.0280. The highest BCUT2D eigenvalue weighted by atomic mass is 35.5. The molecule has 0 radical (unpaired) electrons. The van der Waals surface area contributed by atoms with Crippen LogP contribution in [0.15, 0.2) is 18.2 Å². The zero-order valence-corrected chi connectivity index (χ0v) is 13.5. The van der Waals surface area contributed by atoms with Crippen LogP contribution in [0.1, 0.15) is 31.9 Å². The second-order valence-corrected chi connectivity index (χ2v) is 5.91. The van der Waals surface area contributed by atoms with Crippen molar-refractivity contribution < 1.29 is 14.3 Å². The fourth-order valence-corrected chi connectivity index (χ4v) is 2.01. The number of nitrogens with one attached hydrogen (secondary N) is 2. The molecule has 0 aliphatic rings. The minimum absolute atomic E-state index is 0.162. The van der Waals surface area contributed by atoms with E-state index in [2.05, 4.69) is 10.6 Å². The standard InChI is InChI=1S/C15H21ClN2O3/c1-10-6-5-7-12(11(10)8-16)18-13(19)9-17-14(20)21-15(2,3)4/h5-7H,8-9H2,1-4H3,(H,17,20)(H,18,19). The van der Waals surface area contributed by atoms with Gasteiger partial charge in [-0.05, 0) is 44.9 Å². The highest BCUT2D eigenvalue weighted by Gasteiger charge is 2.17. The summed E-state index contributed by atoms with van der Waals surface area (Å²) in [5.41, 5.74) is 1.93. The van der Waals surface area contributed by atoms with Crippen LogP contribution in [0.5, 0.6) is 0 Å². The first kappa shape index (κ1) is 17.3. The summed E-state index contributed by atoms with van der Waals surface area (Å²) < 4.78 is 5.05. The van der Waals surface area contributed by atoms with Crippen molar-refractivity contribution in [3.05, 3.63) is 29.3 Å². The molecule has 0 saturated heterocycles. The van der Waals surface area contributed by atoms with Gasteiger partial charge in [-0.3, -0.25) is 4.79 Å². The Morgan fingerprint density at radius 1 is 1.29 bits per heavy atom. The van der Waals surface area contributed by atoms with Crippen molar-refractivity contribution in [1.29, 1.82) is 0 Å². The lowest BCUT2D eigenvalue weighted by molar-refractivity contribution is -0.115. The summed E-state index contributed by atoms with van der Waals surface area (Å²) in [5, 5.41) is 5.13. The monoisotopic (exact) mass is 312 g/mol. The van der Waals surface area contributed by atoms with Crippen LogP contribution in [0, 0.1) is 6.92 Å². The van der Waals surface area contributed by atoms with Crippen molar-refractivity contribution in [1.82, 2.24) is 5.32 Å². The lowest BCUT2D eigenvalue weighted by Crippen LogP contribution is -2.37. The molecule has 2 N–H and O–H groups in total. The van der Waals surface area contributed by atoms with Crippen LogP contribution in [0.2, 0.25) is 0 Å². The summed E-state index contributed by atoms with van der Waals surface area (Å²) in [4.78, 5) is 23.3. The second-order valence-electron chi connectivity index (χ2n) is 5.64. The van der Waals surface area contributed by atoms with Gasteiger partial charge < -0.3 is 15.4 Å².